The Hall–Kier alpha value is -2.27. The third-order valence-corrected chi connectivity index (χ3v) is 3.89. The van der Waals surface area contributed by atoms with Crippen molar-refractivity contribution in [2.75, 3.05) is 0 Å². The lowest BCUT2D eigenvalue weighted by atomic mass is 10.1. The summed E-state index contributed by atoms with van der Waals surface area (Å²) in [6.45, 7) is 4.66. The Labute approximate surface area is 134 Å². The van der Waals surface area contributed by atoms with Gasteiger partial charge in [0.25, 0.3) is 0 Å². The van der Waals surface area contributed by atoms with Gasteiger partial charge in [-0.3, -0.25) is 0 Å². The van der Waals surface area contributed by atoms with Crippen molar-refractivity contribution in [2.45, 2.75) is 26.4 Å². The molecule has 5 heteroatoms. The van der Waals surface area contributed by atoms with Gasteiger partial charge in [0.15, 0.2) is 5.11 Å². The number of thiocarbonyl (C=S) groups is 1. The van der Waals surface area contributed by atoms with Crippen molar-refractivity contribution in [2.24, 2.45) is 0 Å². The summed E-state index contributed by atoms with van der Waals surface area (Å²) in [6, 6.07) is 11.8. The molecule has 2 N–H and O–H groups in total. The van der Waals surface area contributed by atoms with Gasteiger partial charge in [-0.15, -0.1) is 0 Å². The van der Waals surface area contributed by atoms with Crippen LogP contribution in [0.4, 0.5) is 0 Å². The molecular weight excluding hydrogens is 296 g/mol. The molecule has 0 radical (unpaired) electrons. The van der Waals surface area contributed by atoms with E-state index in [0.717, 1.165) is 28.1 Å². The van der Waals surface area contributed by atoms with Crippen molar-refractivity contribution in [1.29, 1.82) is 0 Å². The Morgan fingerprint density at radius 1 is 1.23 bits per heavy atom. The topological polar surface area (TPSA) is 50.3 Å². The minimum atomic E-state index is -0.0102. The van der Waals surface area contributed by atoms with E-state index in [-0.39, 0.29) is 6.04 Å². The fourth-order valence-electron chi connectivity index (χ4n) is 2.50. The molecule has 0 aliphatic carbocycles. The molecule has 3 aromatic rings. The number of hydrogen-bond acceptors (Lipinski definition) is 3. The number of nitrogens with one attached hydrogen (secondary N) is 2. The number of benzene rings is 1. The SMILES string of the molecule is Cc1c([C@H](C)NC(=S)NCc2ccco2)oc2ccccc12. The second-order valence-electron chi connectivity index (χ2n) is 5.22. The quantitative estimate of drug-likeness (QED) is 0.711. The predicted octanol–water partition coefficient (Wildman–Crippen LogP) is 4.06. The number of aryl methyl sites for hydroxylation is 1. The van der Waals surface area contributed by atoms with E-state index < -0.39 is 0 Å². The molecule has 0 aliphatic rings. The number of para-hydroxylation sites is 1. The molecule has 2 heterocycles. The maximum absolute atomic E-state index is 5.94. The fourth-order valence-corrected chi connectivity index (χ4v) is 2.75. The van der Waals surface area contributed by atoms with Gasteiger partial charge < -0.3 is 19.5 Å². The first-order valence-electron chi connectivity index (χ1n) is 7.20. The average Bonchev–Trinajstić information content (AvgIpc) is 3.14. The van der Waals surface area contributed by atoms with E-state index in [1.165, 1.54) is 0 Å². The molecule has 2 aromatic heterocycles. The second-order valence-corrected chi connectivity index (χ2v) is 5.62. The Bertz CT molecular complexity index is 777. The highest BCUT2D eigenvalue weighted by atomic mass is 32.1. The minimum absolute atomic E-state index is 0.0102. The summed E-state index contributed by atoms with van der Waals surface area (Å²) in [6.07, 6.45) is 1.65. The molecule has 0 saturated carbocycles. The molecular formula is C17H18N2O2S. The fraction of sp³-hybridized carbons (Fsp3) is 0.235. The third kappa shape index (κ3) is 2.99. The maximum atomic E-state index is 5.94. The van der Waals surface area contributed by atoms with E-state index in [4.69, 9.17) is 21.1 Å². The van der Waals surface area contributed by atoms with Crippen molar-refractivity contribution in [3.8, 4) is 0 Å². The van der Waals surface area contributed by atoms with E-state index in [1.807, 2.05) is 37.3 Å². The van der Waals surface area contributed by atoms with Crippen LogP contribution in [0.25, 0.3) is 11.0 Å². The van der Waals surface area contributed by atoms with Crippen LogP contribution >= 0.6 is 12.2 Å². The average molecular weight is 314 g/mol. The molecule has 4 nitrogen and oxygen atoms in total. The summed E-state index contributed by atoms with van der Waals surface area (Å²) in [5.41, 5.74) is 2.04. The van der Waals surface area contributed by atoms with Crippen LogP contribution in [-0.2, 0) is 6.54 Å². The van der Waals surface area contributed by atoms with Crippen LogP contribution in [0, 0.1) is 6.92 Å². The van der Waals surface area contributed by atoms with Gasteiger partial charge in [-0.25, -0.2) is 0 Å². The smallest absolute Gasteiger partial charge is 0.167 e. The molecule has 3 rings (SSSR count). The minimum Gasteiger partial charge on any atom is -0.467 e. The highest BCUT2D eigenvalue weighted by molar-refractivity contribution is 7.80. The number of rotatable bonds is 4. The van der Waals surface area contributed by atoms with Gasteiger partial charge in [0.1, 0.15) is 17.1 Å². The van der Waals surface area contributed by atoms with Crippen LogP contribution in [-0.4, -0.2) is 5.11 Å². The van der Waals surface area contributed by atoms with E-state index in [0.29, 0.717) is 11.7 Å². The summed E-state index contributed by atoms with van der Waals surface area (Å²) < 4.78 is 11.2. The first-order chi connectivity index (χ1) is 10.6. The molecule has 0 fully saturated rings. The summed E-state index contributed by atoms with van der Waals surface area (Å²) in [5, 5.41) is 8.08. The third-order valence-electron chi connectivity index (χ3n) is 3.62. The van der Waals surface area contributed by atoms with Crippen LogP contribution in [0.15, 0.2) is 51.5 Å². The van der Waals surface area contributed by atoms with Gasteiger partial charge >= 0.3 is 0 Å². The molecule has 114 valence electrons. The van der Waals surface area contributed by atoms with Crippen LogP contribution in [0.1, 0.15) is 30.0 Å². The first-order valence-corrected chi connectivity index (χ1v) is 7.60. The van der Waals surface area contributed by atoms with Gasteiger partial charge in [-0.05, 0) is 44.3 Å². The van der Waals surface area contributed by atoms with E-state index in [9.17, 15) is 0 Å². The number of furan rings is 2. The largest absolute Gasteiger partial charge is 0.467 e. The normalized spacial score (nSPS) is 12.3. The van der Waals surface area contributed by atoms with E-state index in [1.54, 1.807) is 6.26 Å². The lowest BCUT2D eigenvalue weighted by Crippen LogP contribution is -2.36. The molecule has 0 unspecified atom stereocenters. The van der Waals surface area contributed by atoms with Gasteiger partial charge in [0, 0.05) is 10.9 Å². The van der Waals surface area contributed by atoms with Crippen LogP contribution in [0.2, 0.25) is 0 Å². The zero-order valence-corrected chi connectivity index (χ0v) is 13.4. The number of fused-ring (bicyclic) bond motifs is 1. The second kappa shape index (κ2) is 6.23. The monoisotopic (exact) mass is 314 g/mol. The summed E-state index contributed by atoms with van der Waals surface area (Å²) in [4.78, 5) is 0. The Balaban J connectivity index is 1.66. The molecule has 0 bridgehead atoms. The van der Waals surface area contributed by atoms with Gasteiger partial charge in [0.2, 0.25) is 0 Å². The van der Waals surface area contributed by atoms with Crippen molar-refractivity contribution < 1.29 is 8.83 Å². The van der Waals surface area contributed by atoms with Crippen molar-refractivity contribution >= 4 is 28.3 Å². The van der Waals surface area contributed by atoms with Crippen molar-refractivity contribution in [1.82, 2.24) is 10.6 Å². The molecule has 22 heavy (non-hydrogen) atoms. The molecule has 0 saturated heterocycles. The maximum Gasteiger partial charge on any atom is 0.167 e. The predicted molar refractivity (Wildman–Crippen MR) is 90.6 cm³/mol. The van der Waals surface area contributed by atoms with Gasteiger partial charge in [0.05, 0.1) is 18.8 Å². The lowest BCUT2D eigenvalue weighted by molar-refractivity contribution is 0.481. The van der Waals surface area contributed by atoms with Crippen molar-refractivity contribution in [3.05, 3.63) is 59.7 Å². The zero-order chi connectivity index (χ0) is 15.5. The van der Waals surface area contributed by atoms with E-state index >= 15 is 0 Å². The van der Waals surface area contributed by atoms with Crippen LogP contribution in [0.3, 0.4) is 0 Å². The van der Waals surface area contributed by atoms with Crippen LogP contribution in [0.5, 0.6) is 0 Å². The molecule has 0 spiro atoms. The van der Waals surface area contributed by atoms with Gasteiger partial charge in [-0.2, -0.15) is 0 Å². The van der Waals surface area contributed by atoms with E-state index in [2.05, 4.69) is 23.6 Å². The highest BCUT2D eigenvalue weighted by Gasteiger charge is 2.17. The first kappa shape index (κ1) is 14.7. The Morgan fingerprint density at radius 3 is 2.77 bits per heavy atom. The highest BCUT2D eigenvalue weighted by Crippen LogP contribution is 2.29. The summed E-state index contributed by atoms with van der Waals surface area (Å²) in [5.74, 6) is 1.75. The molecule has 1 atom stereocenters. The van der Waals surface area contributed by atoms with Gasteiger partial charge in [-0.1, -0.05) is 18.2 Å². The van der Waals surface area contributed by atoms with Crippen molar-refractivity contribution in [3.63, 3.8) is 0 Å². The Morgan fingerprint density at radius 2 is 2.05 bits per heavy atom. The molecule has 0 aliphatic heterocycles. The standard InChI is InChI=1S/C17H18N2O2S/c1-11-14-7-3-4-8-15(14)21-16(11)12(2)19-17(22)18-10-13-6-5-9-20-13/h3-9,12H,10H2,1-2H3,(H2,18,19,22)/t12-/m0/s1. The Kier molecular flexibility index (Phi) is 4.15. The summed E-state index contributed by atoms with van der Waals surface area (Å²) in [7, 11) is 0. The van der Waals surface area contributed by atoms with Crippen LogP contribution < -0.4 is 10.6 Å². The molecule has 1 aromatic carbocycles. The lowest BCUT2D eigenvalue weighted by Gasteiger charge is -2.15. The molecule has 0 amide bonds. The summed E-state index contributed by atoms with van der Waals surface area (Å²) >= 11 is 5.32. The zero-order valence-electron chi connectivity index (χ0n) is 12.6. The number of hydrogen-bond donors (Lipinski definition) is 2.